The largest absolute Gasteiger partial charge is 0.379 e. The molecule has 140 valence electrons. The standard InChI is InChI=1S/C17H36O6/c1-4-17(3)16-23-15-14-22-13-12-21-11-10-20-9-8-19-7-6-18-5-2/h17H,4-16H2,1-3H3. The Bertz CT molecular complexity index is 215. The smallest absolute Gasteiger partial charge is 0.0701 e. The highest BCUT2D eigenvalue weighted by Gasteiger charge is 1.98. The van der Waals surface area contributed by atoms with Crippen molar-refractivity contribution in [1.29, 1.82) is 0 Å². The SMILES string of the molecule is CCOCCOCCOCCOCCOCCOCC(C)CC. The highest BCUT2D eigenvalue weighted by atomic mass is 16.6. The Kier molecular flexibility index (Phi) is 19.6. The molecular formula is C17H36O6. The molecule has 0 aromatic rings. The lowest BCUT2D eigenvalue weighted by Gasteiger charge is -2.10. The van der Waals surface area contributed by atoms with Crippen LogP contribution in [0.5, 0.6) is 0 Å². The van der Waals surface area contributed by atoms with Crippen LogP contribution in [0.1, 0.15) is 27.2 Å². The Morgan fingerprint density at radius 1 is 0.522 bits per heavy atom. The minimum absolute atomic E-state index is 0.576. The fourth-order valence-electron chi connectivity index (χ4n) is 1.54. The number of hydrogen-bond donors (Lipinski definition) is 0. The Morgan fingerprint density at radius 2 is 0.870 bits per heavy atom. The molecule has 6 heteroatoms. The molecule has 1 atom stereocenters. The Hall–Kier alpha value is -0.240. The van der Waals surface area contributed by atoms with Gasteiger partial charge in [0.05, 0.1) is 66.1 Å². The van der Waals surface area contributed by atoms with E-state index in [0.717, 1.165) is 19.6 Å². The van der Waals surface area contributed by atoms with Crippen LogP contribution < -0.4 is 0 Å². The van der Waals surface area contributed by atoms with E-state index in [0.29, 0.717) is 72.0 Å². The second kappa shape index (κ2) is 19.8. The van der Waals surface area contributed by atoms with Crippen LogP contribution in [0.2, 0.25) is 0 Å². The first-order valence-electron chi connectivity index (χ1n) is 8.77. The Morgan fingerprint density at radius 3 is 1.22 bits per heavy atom. The van der Waals surface area contributed by atoms with E-state index in [9.17, 15) is 0 Å². The second-order valence-corrected chi connectivity index (χ2v) is 5.23. The van der Waals surface area contributed by atoms with Crippen LogP contribution in [-0.4, -0.2) is 79.3 Å². The highest BCUT2D eigenvalue weighted by Crippen LogP contribution is 1.99. The zero-order valence-corrected chi connectivity index (χ0v) is 15.2. The third kappa shape index (κ3) is 19.7. The molecule has 0 heterocycles. The van der Waals surface area contributed by atoms with Crippen LogP contribution in [0.25, 0.3) is 0 Å². The Balaban J connectivity index is 2.97. The number of ether oxygens (including phenoxy) is 6. The van der Waals surface area contributed by atoms with Gasteiger partial charge in [0.25, 0.3) is 0 Å². The molecule has 6 nitrogen and oxygen atoms in total. The first kappa shape index (κ1) is 22.8. The molecule has 0 aliphatic carbocycles. The van der Waals surface area contributed by atoms with Crippen LogP contribution >= 0.6 is 0 Å². The summed E-state index contributed by atoms with van der Waals surface area (Å²) in [6, 6.07) is 0. The molecule has 0 radical (unpaired) electrons. The van der Waals surface area contributed by atoms with Gasteiger partial charge >= 0.3 is 0 Å². The summed E-state index contributed by atoms with van der Waals surface area (Å²) in [4.78, 5) is 0. The number of hydrogen-bond acceptors (Lipinski definition) is 6. The van der Waals surface area contributed by atoms with Gasteiger partial charge < -0.3 is 28.4 Å². The Labute approximate surface area is 141 Å². The first-order valence-corrected chi connectivity index (χ1v) is 8.77. The summed E-state index contributed by atoms with van der Waals surface area (Å²) in [6.45, 7) is 13.9. The summed E-state index contributed by atoms with van der Waals surface area (Å²) in [5, 5.41) is 0. The minimum atomic E-state index is 0.576. The minimum Gasteiger partial charge on any atom is -0.379 e. The van der Waals surface area contributed by atoms with Gasteiger partial charge in [-0.15, -0.1) is 0 Å². The van der Waals surface area contributed by atoms with Gasteiger partial charge in [-0.3, -0.25) is 0 Å². The van der Waals surface area contributed by atoms with Gasteiger partial charge in [-0.1, -0.05) is 20.3 Å². The van der Waals surface area contributed by atoms with E-state index in [1.54, 1.807) is 0 Å². The summed E-state index contributed by atoms with van der Waals surface area (Å²) < 4.78 is 32.2. The van der Waals surface area contributed by atoms with E-state index >= 15 is 0 Å². The fraction of sp³-hybridized carbons (Fsp3) is 1.00. The van der Waals surface area contributed by atoms with Gasteiger partial charge in [0.2, 0.25) is 0 Å². The van der Waals surface area contributed by atoms with Crippen molar-refractivity contribution >= 4 is 0 Å². The van der Waals surface area contributed by atoms with E-state index in [4.69, 9.17) is 28.4 Å². The normalized spacial score (nSPS) is 12.7. The van der Waals surface area contributed by atoms with E-state index in [2.05, 4.69) is 13.8 Å². The van der Waals surface area contributed by atoms with E-state index in [-0.39, 0.29) is 0 Å². The van der Waals surface area contributed by atoms with E-state index < -0.39 is 0 Å². The molecule has 0 saturated heterocycles. The van der Waals surface area contributed by atoms with Crippen molar-refractivity contribution < 1.29 is 28.4 Å². The van der Waals surface area contributed by atoms with Gasteiger partial charge in [0.15, 0.2) is 0 Å². The predicted octanol–water partition coefficient (Wildman–Crippen LogP) is 2.15. The summed E-state index contributed by atoms with van der Waals surface area (Å²) in [5.74, 6) is 0.619. The van der Waals surface area contributed by atoms with Gasteiger partial charge in [0.1, 0.15) is 0 Å². The van der Waals surface area contributed by atoms with Crippen molar-refractivity contribution in [3.63, 3.8) is 0 Å². The molecular weight excluding hydrogens is 300 g/mol. The summed E-state index contributed by atoms with van der Waals surface area (Å²) in [6.07, 6.45) is 1.15. The molecule has 0 aromatic heterocycles. The molecule has 1 unspecified atom stereocenters. The zero-order chi connectivity index (χ0) is 17.0. The monoisotopic (exact) mass is 336 g/mol. The van der Waals surface area contributed by atoms with Crippen LogP contribution in [0.3, 0.4) is 0 Å². The third-order valence-electron chi connectivity index (χ3n) is 3.16. The van der Waals surface area contributed by atoms with Crippen molar-refractivity contribution in [2.45, 2.75) is 27.2 Å². The topological polar surface area (TPSA) is 55.4 Å². The van der Waals surface area contributed by atoms with Gasteiger partial charge in [0, 0.05) is 13.2 Å². The van der Waals surface area contributed by atoms with Crippen LogP contribution in [0.4, 0.5) is 0 Å². The van der Waals surface area contributed by atoms with Crippen LogP contribution in [0.15, 0.2) is 0 Å². The molecule has 23 heavy (non-hydrogen) atoms. The van der Waals surface area contributed by atoms with Crippen molar-refractivity contribution in [3.05, 3.63) is 0 Å². The average molecular weight is 336 g/mol. The van der Waals surface area contributed by atoms with Crippen molar-refractivity contribution in [3.8, 4) is 0 Å². The molecule has 0 rings (SSSR count). The highest BCUT2D eigenvalue weighted by molar-refractivity contribution is 4.45. The maximum atomic E-state index is 5.49. The van der Waals surface area contributed by atoms with Crippen molar-refractivity contribution in [2.24, 2.45) is 5.92 Å². The van der Waals surface area contributed by atoms with E-state index in [1.165, 1.54) is 0 Å². The third-order valence-corrected chi connectivity index (χ3v) is 3.16. The lowest BCUT2D eigenvalue weighted by Crippen LogP contribution is -2.14. The van der Waals surface area contributed by atoms with Crippen molar-refractivity contribution in [2.75, 3.05) is 79.3 Å². The fourth-order valence-corrected chi connectivity index (χ4v) is 1.54. The summed E-state index contributed by atoms with van der Waals surface area (Å²) >= 11 is 0. The maximum absolute atomic E-state index is 5.49. The molecule has 0 spiro atoms. The molecule has 0 bridgehead atoms. The van der Waals surface area contributed by atoms with Crippen LogP contribution in [-0.2, 0) is 28.4 Å². The van der Waals surface area contributed by atoms with Crippen LogP contribution in [0, 0.1) is 5.92 Å². The molecule has 0 aromatic carbocycles. The zero-order valence-electron chi connectivity index (χ0n) is 15.2. The molecule has 0 amide bonds. The van der Waals surface area contributed by atoms with Gasteiger partial charge in [-0.05, 0) is 12.8 Å². The molecule has 0 saturated carbocycles. The lowest BCUT2D eigenvalue weighted by atomic mass is 10.1. The lowest BCUT2D eigenvalue weighted by molar-refractivity contribution is -0.0177. The second-order valence-electron chi connectivity index (χ2n) is 5.23. The average Bonchev–Trinajstić information content (AvgIpc) is 2.57. The molecule has 0 N–H and O–H groups in total. The van der Waals surface area contributed by atoms with Gasteiger partial charge in [-0.25, -0.2) is 0 Å². The van der Waals surface area contributed by atoms with Crippen molar-refractivity contribution in [1.82, 2.24) is 0 Å². The number of rotatable bonds is 19. The maximum Gasteiger partial charge on any atom is 0.0701 e. The van der Waals surface area contributed by atoms with E-state index in [1.807, 2.05) is 6.92 Å². The van der Waals surface area contributed by atoms with Gasteiger partial charge in [-0.2, -0.15) is 0 Å². The predicted molar refractivity (Wildman–Crippen MR) is 90.0 cm³/mol. The summed E-state index contributed by atoms with van der Waals surface area (Å²) in [7, 11) is 0. The molecule has 0 fully saturated rings. The quantitative estimate of drug-likeness (QED) is 0.337. The first-order chi connectivity index (χ1) is 11.3. The summed E-state index contributed by atoms with van der Waals surface area (Å²) in [5.41, 5.74) is 0. The molecule has 0 aliphatic heterocycles. The molecule has 0 aliphatic rings.